The van der Waals surface area contributed by atoms with Gasteiger partial charge in [-0.05, 0) is 53.1 Å². The molecule has 0 saturated heterocycles. The molecule has 2 aromatic heterocycles. The molecule has 0 saturated carbocycles. The molecular weight excluding hydrogens is 444 g/mol. The highest BCUT2D eigenvalue weighted by molar-refractivity contribution is 7.16. The first-order valence-corrected chi connectivity index (χ1v) is 11.5. The first kappa shape index (κ1) is 23.4. The number of benzene rings is 1. The van der Waals surface area contributed by atoms with Crippen LogP contribution in [0.3, 0.4) is 0 Å². The number of nitrogens with zero attached hydrogens (tertiary/aromatic N) is 1. The number of terminal acetylenes is 1. The van der Waals surface area contributed by atoms with Gasteiger partial charge in [0.25, 0.3) is 5.91 Å². The third-order valence-corrected chi connectivity index (χ3v) is 6.36. The minimum Gasteiger partial charge on any atom is -0.493 e. The Labute approximate surface area is 195 Å². The van der Waals surface area contributed by atoms with Crippen LogP contribution in [0.15, 0.2) is 47.2 Å². The highest BCUT2D eigenvalue weighted by Crippen LogP contribution is 2.34. The quantitative estimate of drug-likeness (QED) is 0.423. The summed E-state index contributed by atoms with van der Waals surface area (Å²) in [6.45, 7) is 0.409. The van der Waals surface area contributed by atoms with E-state index < -0.39 is 6.10 Å². The maximum Gasteiger partial charge on any atom is 0.254 e. The van der Waals surface area contributed by atoms with Crippen molar-refractivity contribution in [2.24, 2.45) is 0 Å². The molecule has 0 fully saturated rings. The largest absolute Gasteiger partial charge is 0.493 e. The van der Waals surface area contributed by atoms with Crippen LogP contribution in [0.1, 0.15) is 16.5 Å². The molecule has 2 heterocycles. The minimum absolute atomic E-state index is 0.0468. The number of methoxy groups -OCH3 is 1. The number of hydrogen-bond acceptors (Lipinski definition) is 7. The Hall–Kier alpha value is -3.30. The van der Waals surface area contributed by atoms with E-state index in [9.17, 15) is 4.79 Å². The molecule has 1 unspecified atom stereocenters. The topological polar surface area (TPSA) is 80.6 Å². The summed E-state index contributed by atoms with van der Waals surface area (Å²) >= 11 is 3.15. The monoisotopic (exact) mass is 466 g/mol. The van der Waals surface area contributed by atoms with Gasteiger partial charge >= 0.3 is 0 Å². The lowest BCUT2D eigenvalue weighted by Gasteiger charge is -2.15. The molecule has 0 aliphatic heterocycles. The van der Waals surface area contributed by atoms with Gasteiger partial charge in [-0.25, -0.2) is 0 Å². The van der Waals surface area contributed by atoms with Crippen molar-refractivity contribution in [3.63, 3.8) is 0 Å². The van der Waals surface area contributed by atoms with E-state index in [0.717, 1.165) is 20.9 Å². The maximum absolute atomic E-state index is 12.9. The Morgan fingerprint density at radius 3 is 2.81 bits per heavy atom. The van der Waals surface area contributed by atoms with Crippen molar-refractivity contribution in [3.05, 3.63) is 57.6 Å². The van der Waals surface area contributed by atoms with Gasteiger partial charge in [0, 0.05) is 21.9 Å². The SMILES string of the molecule is C#CCOC(C(=O)NCCc1ccc(OCC#N)c(OC)c1)c1ccc(-c2ccsc2)s1. The molecule has 0 aliphatic carbocycles. The van der Waals surface area contributed by atoms with E-state index in [0.29, 0.717) is 24.5 Å². The number of hydrogen-bond donors (Lipinski definition) is 1. The smallest absolute Gasteiger partial charge is 0.254 e. The number of carbonyl (C=O) groups is 1. The summed E-state index contributed by atoms with van der Waals surface area (Å²) in [5.41, 5.74) is 2.09. The van der Waals surface area contributed by atoms with E-state index in [2.05, 4.69) is 16.6 Å². The molecule has 6 nitrogen and oxygen atoms in total. The Bertz CT molecular complexity index is 1110. The predicted octanol–water partition coefficient (Wildman–Crippen LogP) is 4.44. The van der Waals surface area contributed by atoms with Crippen LogP contribution in [0.4, 0.5) is 0 Å². The summed E-state index contributed by atoms with van der Waals surface area (Å²) < 4.78 is 16.3. The van der Waals surface area contributed by atoms with Gasteiger partial charge in [0.05, 0.1) is 7.11 Å². The first-order valence-electron chi connectivity index (χ1n) is 9.78. The fourth-order valence-electron chi connectivity index (χ4n) is 2.99. The number of amides is 1. The van der Waals surface area contributed by atoms with Gasteiger partial charge in [-0.1, -0.05) is 12.0 Å². The summed E-state index contributed by atoms with van der Waals surface area (Å²) in [6, 6.07) is 13.3. The van der Waals surface area contributed by atoms with Crippen LogP contribution in [-0.4, -0.2) is 32.8 Å². The predicted molar refractivity (Wildman–Crippen MR) is 126 cm³/mol. The lowest BCUT2D eigenvalue weighted by molar-refractivity contribution is -0.132. The van der Waals surface area contributed by atoms with Crippen molar-refractivity contribution >= 4 is 28.6 Å². The molecule has 3 aromatic rings. The number of nitrogens with one attached hydrogen (secondary N) is 1. The Morgan fingerprint density at radius 1 is 1.22 bits per heavy atom. The second-order valence-corrected chi connectivity index (χ2v) is 8.48. The van der Waals surface area contributed by atoms with Crippen molar-refractivity contribution in [2.45, 2.75) is 12.5 Å². The lowest BCUT2D eigenvalue weighted by atomic mass is 10.1. The van der Waals surface area contributed by atoms with Gasteiger partial charge in [-0.15, -0.1) is 17.8 Å². The van der Waals surface area contributed by atoms with Gasteiger partial charge in [-0.2, -0.15) is 16.6 Å². The molecule has 3 rings (SSSR count). The Kier molecular flexibility index (Phi) is 8.70. The van der Waals surface area contributed by atoms with Crippen LogP contribution in [0.5, 0.6) is 11.5 Å². The van der Waals surface area contributed by atoms with E-state index >= 15 is 0 Å². The third-order valence-electron chi connectivity index (χ3n) is 4.50. The summed E-state index contributed by atoms with van der Waals surface area (Å²) in [6.07, 6.45) is 5.17. The highest BCUT2D eigenvalue weighted by Gasteiger charge is 2.23. The van der Waals surface area contributed by atoms with Crippen LogP contribution in [0, 0.1) is 23.7 Å². The van der Waals surface area contributed by atoms with E-state index in [1.54, 1.807) is 24.5 Å². The first-order chi connectivity index (χ1) is 15.7. The van der Waals surface area contributed by atoms with Crippen LogP contribution in [-0.2, 0) is 16.0 Å². The van der Waals surface area contributed by atoms with Crippen LogP contribution in [0.2, 0.25) is 0 Å². The molecule has 8 heteroatoms. The van der Waals surface area contributed by atoms with Crippen molar-refractivity contribution in [1.29, 1.82) is 5.26 Å². The minimum atomic E-state index is -0.764. The van der Waals surface area contributed by atoms with Gasteiger partial charge < -0.3 is 19.5 Å². The molecule has 164 valence electrons. The fraction of sp³-hybridized carbons (Fsp3) is 0.250. The van der Waals surface area contributed by atoms with Crippen molar-refractivity contribution in [3.8, 4) is 40.4 Å². The molecule has 1 atom stereocenters. The fourth-order valence-corrected chi connectivity index (χ4v) is 4.78. The summed E-state index contributed by atoms with van der Waals surface area (Å²) in [7, 11) is 1.54. The van der Waals surface area contributed by atoms with Crippen LogP contribution in [0.25, 0.3) is 10.4 Å². The number of rotatable bonds is 11. The van der Waals surface area contributed by atoms with E-state index in [4.69, 9.17) is 25.9 Å². The van der Waals surface area contributed by atoms with E-state index in [1.807, 2.05) is 41.8 Å². The van der Waals surface area contributed by atoms with Gasteiger partial charge in [-0.3, -0.25) is 4.79 Å². The molecule has 0 bridgehead atoms. The zero-order chi connectivity index (χ0) is 22.8. The lowest BCUT2D eigenvalue weighted by Crippen LogP contribution is -2.32. The second-order valence-electron chi connectivity index (χ2n) is 6.58. The zero-order valence-electron chi connectivity index (χ0n) is 17.5. The number of thiophene rings is 2. The highest BCUT2D eigenvalue weighted by atomic mass is 32.1. The number of carbonyl (C=O) groups excluding carboxylic acids is 1. The van der Waals surface area contributed by atoms with Crippen LogP contribution < -0.4 is 14.8 Å². The van der Waals surface area contributed by atoms with Crippen molar-refractivity contribution < 1.29 is 19.0 Å². The Morgan fingerprint density at radius 2 is 2.09 bits per heavy atom. The summed E-state index contributed by atoms with van der Waals surface area (Å²) in [5, 5.41) is 15.7. The standard InChI is InChI=1S/C24H22N2O4S2/c1-3-12-30-23(22-7-6-21(32-22)18-9-14-31-16-18)24(27)26-11-8-17-4-5-19(29-13-10-25)20(15-17)28-2/h1,4-7,9,14-16,23H,8,11-13H2,2H3,(H,26,27). The maximum atomic E-state index is 12.9. The average molecular weight is 467 g/mol. The van der Waals surface area contributed by atoms with Crippen LogP contribution >= 0.6 is 22.7 Å². The zero-order valence-corrected chi connectivity index (χ0v) is 19.1. The number of ether oxygens (including phenoxy) is 3. The molecule has 32 heavy (non-hydrogen) atoms. The summed E-state index contributed by atoms with van der Waals surface area (Å²) in [5.74, 6) is 3.24. The van der Waals surface area contributed by atoms with Crippen molar-refractivity contribution in [2.75, 3.05) is 26.9 Å². The molecule has 0 aliphatic rings. The molecule has 1 aromatic carbocycles. The van der Waals surface area contributed by atoms with Gasteiger partial charge in [0.1, 0.15) is 12.7 Å². The summed E-state index contributed by atoms with van der Waals surface area (Å²) in [4.78, 5) is 14.7. The Balaban J connectivity index is 1.62. The molecule has 0 spiro atoms. The third kappa shape index (κ3) is 6.12. The van der Waals surface area contributed by atoms with Gasteiger partial charge in [0.2, 0.25) is 0 Å². The van der Waals surface area contributed by atoms with E-state index in [1.165, 1.54) is 11.3 Å². The average Bonchev–Trinajstić information content (AvgIpc) is 3.50. The normalized spacial score (nSPS) is 11.2. The number of nitriles is 1. The molecular formula is C24H22N2O4S2. The second kappa shape index (κ2) is 11.9. The van der Waals surface area contributed by atoms with Crippen molar-refractivity contribution in [1.82, 2.24) is 5.32 Å². The van der Waals surface area contributed by atoms with Gasteiger partial charge in [0.15, 0.2) is 24.2 Å². The molecule has 1 N–H and O–H groups in total. The van der Waals surface area contributed by atoms with E-state index in [-0.39, 0.29) is 19.1 Å². The molecule has 0 radical (unpaired) electrons. The molecule has 1 amide bonds.